The van der Waals surface area contributed by atoms with E-state index in [2.05, 4.69) is 0 Å². The van der Waals surface area contributed by atoms with Crippen LogP contribution in [0.4, 0.5) is 0 Å². The molecule has 0 spiro atoms. The van der Waals surface area contributed by atoms with E-state index in [0.717, 1.165) is 38.5 Å². The van der Waals surface area contributed by atoms with Gasteiger partial charge in [-0.2, -0.15) is 0 Å². The maximum absolute atomic E-state index is 10.1. The minimum atomic E-state index is -0.162. The summed E-state index contributed by atoms with van der Waals surface area (Å²) in [4.78, 5) is 0. The minimum Gasteiger partial charge on any atom is -0.853 e. The molecule has 0 aliphatic heterocycles. The molecule has 7 heteroatoms. The van der Waals surface area contributed by atoms with E-state index < -0.39 is 0 Å². The van der Waals surface area contributed by atoms with Gasteiger partial charge >= 0.3 is 17.1 Å². The molecule has 0 radical (unpaired) electrons. The zero-order chi connectivity index (χ0) is 14.2. The van der Waals surface area contributed by atoms with E-state index in [1.54, 1.807) is 0 Å². The van der Waals surface area contributed by atoms with Gasteiger partial charge in [0.2, 0.25) is 0 Å². The van der Waals surface area contributed by atoms with Crippen LogP contribution in [0.2, 0.25) is 0 Å². The van der Waals surface area contributed by atoms with Gasteiger partial charge in [-0.1, -0.05) is 12.8 Å². The molecule has 0 rings (SSSR count). The maximum atomic E-state index is 10.1. The van der Waals surface area contributed by atoms with Crippen LogP contribution < -0.4 is 33.1 Å². The Kier molecular flexibility index (Phi) is 26.3. The van der Waals surface area contributed by atoms with E-state index >= 15 is 0 Å². The second-order valence-corrected chi connectivity index (χ2v) is 4.42. The number of rotatable bonds is 10. The van der Waals surface area contributed by atoms with Gasteiger partial charge < -0.3 is 33.1 Å². The molecule has 0 aliphatic rings. The monoisotopic (exact) mass is 318 g/mol. The molecule has 0 bridgehead atoms. The third-order valence-corrected chi connectivity index (χ3v) is 2.49. The summed E-state index contributed by atoms with van der Waals surface area (Å²) in [6.45, 7) is 1.08. The fourth-order valence-electron chi connectivity index (χ4n) is 1.27. The van der Waals surface area contributed by atoms with E-state index in [-0.39, 0.29) is 42.4 Å². The Hall–Kier alpha value is 0.279. The zero-order valence-corrected chi connectivity index (χ0v) is 12.8. The van der Waals surface area contributed by atoms with Crippen LogP contribution in [0.3, 0.4) is 0 Å². The Morgan fingerprint density at radius 3 is 1.21 bits per heavy atom. The first-order chi connectivity index (χ1) is 8.62. The molecule has 0 saturated carbocycles. The average molecular weight is 318 g/mol. The van der Waals surface area contributed by atoms with Crippen LogP contribution in [0.25, 0.3) is 0 Å². The van der Waals surface area contributed by atoms with Crippen molar-refractivity contribution in [3.63, 3.8) is 0 Å². The molecule has 0 heterocycles. The van der Waals surface area contributed by atoms with E-state index in [1.807, 2.05) is 0 Å². The summed E-state index contributed by atoms with van der Waals surface area (Å²) in [5.74, 6) is 0. The van der Waals surface area contributed by atoms with Gasteiger partial charge in [-0.05, 0) is 50.9 Å². The van der Waals surface area contributed by atoms with Crippen molar-refractivity contribution in [1.29, 1.82) is 0 Å². The average Bonchev–Trinajstić information content (AvgIpc) is 2.39. The summed E-state index contributed by atoms with van der Waals surface area (Å²) in [6, 6.07) is -0.312. The molecule has 8 N–H and O–H groups in total. The second kappa shape index (κ2) is 20.6. The van der Waals surface area contributed by atoms with E-state index in [4.69, 9.17) is 22.9 Å². The van der Waals surface area contributed by atoms with Gasteiger partial charge in [-0.15, -0.1) is 13.2 Å². The number of hydrogen-bond donors (Lipinski definition) is 4. The molecule has 0 amide bonds. The van der Waals surface area contributed by atoms with Crippen molar-refractivity contribution in [2.75, 3.05) is 26.3 Å². The van der Waals surface area contributed by atoms with Crippen molar-refractivity contribution in [1.82, 2.24) is 0 Å². The minimum absolute atomic E-state index is 0. The first-order valence-electron chi connectivity index (χ1n) is 6.69. The molecule has 0 fully saturated rings. The molecule has 2 atom stereocenters. The molecule has 0 saturated heterocycles. The third kappa shape index (κ3) is 23.8. The number of nitrogens with two attached hydrogens (primary N) is 4. The maximum Gasteiger partial charge on any atom is 2.00 e. The second-order valence-electron chi connectivity index (χ2n) is 4.42. The molecule has 6 nitrogen and oxygen atoms in total. The standard InChI is InChI=1S/2C6H15N2O.Fe/c2*7-4-2-1-3-6(8)5-9;/h2*6H,1-5,7-8H2;/q2*-1;+2/t2*6-;/m00./s1. The number of unbranched alkanes of at least 4 members (excludes halogenated alkanes) is 2. The van der Waals surface area contributed by atoms with Crippen LogP contribution in [0.5, 0.6) is 0 Å². The fraction of sp³-hybridized carbons (Fsp3) is 1.00. The topological polar surface area (TPSA) is 150 Å². The number of hydrogen-bond acceptors (Lipinski definition) is 6. The summed E-state index contributed by atoms with van der Waals surface area (Å²) in [7, 11) is 0. The Morgan fingerprint density at radius 1 is 0.684 bits per heavy atom. The van der Waals surface area contributed by atoms with Crippen LogP contribution in [0.1, 0.15) is 38.5 Å². The molecular formula is C12H30FeN4O2. The Labute approximate surface area is 127 Å². The summed E-state index contributed by atoms with van der Waals surface area (Å²) in [5, 5.41) is 20.1. The van der Waals surface area contributed by atoms with E-state index in [0.29, 0.717) is 13.1 Å². The summed E-state index contributed by atoms with van der Waals surface area (Å²) < 4.78 is 0. The molecule has 118 valence electrons. The Morgan fingerprint density at radius 2 is 1.00 bits per heavy atom. The normalized spacial score (nSPS) is 12.9. The van der Waals surface area contributed by atoms with Crippen molar-refractivity contribution in [2.24, 2.45) is 22.9 Å². The van der Waals surface area contributed by atoms with Gasteiger partial charge in [0, 0.05) is 0 Å². The van der Waals surface area contributed by atoms with Crippen LogP contribution in [-0.4, -0.2) is 38.4 Å². The van der Waals surface area contributed by atoms with Crippen molar-refractivity contribution >= 4 is 0 Å². The van der Waals surface area contributed by atoms with Crippen LogP contribution >= 0.6 is 0 Å². The molecule has 0 aromatic rings. The van der Waals surface area contributed by atoms with Gasteiger partial charge in [-0.3, -0.25) is 0 Å². The van der Waals surface area contributed by atoms with Crippen LogP contribution in [0, 0.1) is 0 Å². The largest absolute Gasteiger partial charge is 2.00 e. The first-order valence-corrected chi connectivity index (χ1v) is 6.69. The SMILES string of the molecule is NCCCC[C@H](N)C[O-].NCCCC[C@H](N)C[O-].[Fe+2]. The summed E-state index contributed by atoms with van der Waals surface area (Å²) >= 11 is 0. The zero-order valence-electron chi connectivity index (χ0n) is 11.7. The fourth-order valence-corrected chi connectivity index (χ4v) is 1.27. The summed E-state index contributed by atoms with van der Waals surface area (Å²) in [5.41, 5.74) is 21.2. The molecule has 0 aromatic carbocycles. The van der Waals surface area contributed by atoms with Gasteiger partial charge in [0.15, 0.2) is 0 Å². The van der Waals surface area contributed by atoms with Gasteiger partial charge in [0.25, 0.3) is 0 Å². The van der Waals surface area contributed by atoms with E-state index in [1.165, 1.54) is 0 Å². The quantitative estimate of drug-likeness (QED) is 0.260. The first kappa shape index (κ1) is 24.3. The van der Waals surface area contributed by atoms with Gasteiger partial charge in [-0.25, -0.2) is 0 Å². The summed E-state index contributed by atoms with van der Waals surface area (Å²) in [6.07, 6.45) is 5.57. The van der Waals surface area contributed by atoms with Crippen LogP contribution in [0.15, 0.2) is 0 Å². The van der Waals surface area contributed by atoms with E-state index in [9.17, 15) is 10.2 Å². The molecular weight excluding hydrogens is 288 g/mol. The molecule has 0 aliphatic carbocycles. The third-order valence-electron chi connectivity index (χ3n) is 2.49. The Balaban J connectivity index is -0.000000256. The smallest absolute Gasteiger partial charge is 0.853 e. The molecule has 0 unspecified atom stereocenters. The van der Waals surface area contributed by atoms with Gasteiger partial charge in [0.1, 0.15) is 0 Å². The van der Waals surface area contributed by atoms with Crippen molar-refractivity contribution in [2.45, 2.75) is 50.6 Å². The predicted octanol–water partition coefficient (Wildman–Crippen LogP) is -2.40. The van der Waals surface area contributed by atoms with Crippen molar-refractivity contribution < 1.29 is 27.3 Å². The predicted molar refractivity (Wildman–Crippen MR) is 71.5 cm³/mol. The van der Waals surface area contributed by atoms with Crippen LogP contribution in [-0.2, 0) is 17.1 Å². The molecule has 0 aromatic heterocycles. The van der Waals surface area contributed by atoms with Gasteiger partial charge in [0.05, 0.1) is 0 Å². The molecule has 19 heavy (non-hydrogen) atoms. The Bertz CT molecular complexity index is 140. The van der Waals surface area contributed by atoms with Crippen molar-refractivity contribution in [3.05, 3.63) is 0 Å². The van der Waals surface area contributed by atoms with Crippen molar-refractivity contribution in [3.8, 4) is 0 Å².